The molecular formula is C19H16F4N2O6S. The molecule has 1 saturated heterocycles. The van der Waals surface area contributed by atoms with Crippen molar-refractivity contribution in [1.82, 2.24) is 4.31 Å². The lowest BCUT2D eigenvalue weighted by atomic mass is 10.2. The molecule has 0 saturated carbocycles. The van der Waals surface area contributed by atoms with E-state index in [1.165, 1.54) is 0 Å². The van der Waals surface area contributed by atoms with Crippen molar-refractivity contribution < 1.29 is 45.0 Å². The summed E-state index contributed by atoms with van der Waals surface area (Å²) in [5.41, 5.74) is -1.44. The zero-order chi connectivity index (χ0) is 23.5. The number of carbonyl (C=O) groups is 2. The third-order valence-corrected chi connectivity index (χ3v) is 6.30. The van der Waals surface area contributed by atoms with E-state index in [-0.39, 0.29) is 31.2 Å². The smallest absolute Gasteiger partial charge is 0.341 e. The molecule has 172 valence electrons. The predicted octanol–water partition coefficient (Wildman–Crippen LogP) is 2.06. The molecule has 0 spiro atoms. The van der Waals surface area contributed by atoms with Crippen molar-refractivity contribution in [3.05, 3.63) is 59.2 Å². The van der Waals surface area contributed by atoms with Gasteiger partial charge < -0.3 is 14.8 Å². The van der Waals surface area contributed by atoms with E-state index in [4.69, 9.17) is 4.74 Å². The van der Waals surface area contributed by atoms with E-state index in [9.17, 15) is 35.6 Å². The molecule has 1 heterocycles. The molecule has 0 aliphatic carbocycles. The molecule has 1 aliphatic heterocycles. The molecule has 0 bridgehead atoms. The Bertz CT molecular complexity index is 1150. The van der Waals surface area contributed by atoms with Crippen LogP contribution in [0.25, 0.3) is 0 Å². The summed E-state index contributed by atoms with van der Waals surface area (Å²) >= 11 is 0. The number of anilines is 1. The van der Waals surface area contributed by atoms with Crippen LogP contribution in [0, 0.1) is 23.3 Å². The molecule has 32 heavy (non-hydrogen) atoms. The average molecular weight is 476 g/mol. The van der Waals surface area contributed by atoms with Crippen LogP contribution in [0.15, 0.2) is 35.2 Å². The normalized spacial score (nSPS) is 14.8. The number of halogens is 4. The van der Waals surface area contributed by atoms with Gasteiger partial charge in [-0.25, -0.2) is 30.8 Å². The Morgan fingerprint density at radius 1 is 1.00 bits per heavy atom. The average Bonchev–Trinajstić information content (AvgIpc) is 2.78. The topological polar surface area (TPSA) is 102 Å². The Labute approximate surface area is 179 Å². The number of esters is 1. The monoisotopic (exact) mass is 476 g/mol. The van der Waals surface area contributed by atoms with Gasteiger partial charge in [0, 0.05) is 13.1 Å². The van der Waals surface area contributed by atoms with Crippen LogP contribution < -0.4 is 5.32 Å². The molecule has 1 N–H and O–H groups in total. The SMILES string of the molecule is O=C(COC(=O)c1cc(S(=O)(=O)N2CCOCC2)ccc1F)Nc1ccc(F)c(F)c1F. The van der Waals surface area contributed by atoms with Gasteiger partial charge in [-0.1, -0.05) is 0 Å². The zero-order valence-electron chi connectivity index (χ0n) is 16.2. The van der Waals surface area contributed by atoms with Crippen molar-refractivity contribution in [1.29, 1.82) is 0 Å². The highest BCUT2D eigenvalue weighted by Gasteiger charge is 2.28. The van der Waals surface area contributed by atoms with Crippen LogP contribution in [0.3, 0.4) is 0 Å². The summed E-state index contributed by atoms with van der Waals surface area (Å²) in [5.74, 6) is -8.50. The minimum Gasteiger partial charge on any atom is -0.452 e. The molecule has 3 rings (SSSR count). The van der Waals surface area contributed by atoms with Crippen LogP contribution >= 0.6 is 0 Å². The fourth-order valence-corrected chi connectivity index (χ4v) is 4.21. The Balaban J connectivity index is 1.69. The second kappa shape index (κ2) is 9.63. The van der Waals surface area contributed by atoms with E-state index < -0.39 is 63.0 Å². The molecule has 2 aromatic rings. The number of amides is 1. The number of sulfonamides is 1. The molecule has 1 fully saturated rings. The van der Waals surface area contributed by atoms with Gasteiger partial charge in [-0.15, -0.1) is 0 Å². The second-order valence-electron chi connectivity index (χ2n) is 6.51. The van der Waals surface area contributed by atoms with Gasteiger partial charge in [-0.2, -0.15) is 4.31 Å². The van der Waals surface area contributed by atoms with E-state index in [1.807, 2.05) is 5.32 Å². The van der Waals surface area contributed by atoms with Gasteiger partial charge in [0.05, 0.1) is 29.4 Å². The van der Waals surface area contributed by atoms with Crippen molar-refractivity contribution in [3.8, 4) is 0 Å². The highest BCUT2D eigenvalue weighted by Crippen LogP contribution is 2.22. The van der Waals surface area contributed by atoms with E-state index >= 15 is 0 Å². The van der Waals surface area contributed by atoms with Crippen molar-refractivity contribution in [2.45, 2.75) is 4.90 Å². The number of ether oxygens (including phenoxy) is 2. The molecule has 1 amide bonds. The molecule has 0 aromatic heterocycles. The molecule has 2 aromatic carbocycles. The lowest BCUT2D eigenvalue weighted by molar-refractivity contribution is -0.119. The van der Waals surface area contributed by atoms with Crippen LogP contribution in [0.1, 0.15) is 10.4 Å². The number of morpholine rings is 1. The first-order valence-corrected chi connectivity index (χ1v) is 10.5. The largest absolute Gasteiger partial charge is 0.452 e. The summed E-state index contributed by atoms with van der Waals surface area (Å²) in [5, 5.41) is 1.87. The highest BCUT2D eigenvalue weighted by molar-refractivity contribution is 7.89. The third kappa shape index (κ3) is 5.06. The number of nitrogens with zero attached hydrogens (tertiary/aromatic N) is 1. The highest BCUT2D eigenvalue weighted by atomic mass is 32.2. The Hall–Kier alpha value is -3.03. The Kier molecular flexibility index (Phi) is 7.11. The maximum absolute atomic E-state index is 14.1. The fraction of sp³-hybridized carbons (Fsp3) is 0.263. The van der Waals surface area contributed by atoms with E-state index in [2.05, 4.69) is 4.74 Å². The van der Waals surface area contributed by atoms with E-state index in [0.29, 0.717) is 6.07 Å². The van der Waals surface area contributed by atoms with E-state index in [0.717, 1.165) is 28.6 Å². The van der Waals surface area contributed by atoms with Crippen LogP contribution in [0.4, 0.5) is 23.2 Å². The number of hydrogen-bond donors (Lipinski definition) is 1. The van der Waals surface area contributed by atoms with Crippen molar-refractivity contribution in [2.24, 2.45) is 0 Å². The molecule has 1 aliphatic rings. The molecular weight excluding hydrogens is 460 g/mol. The summed E-state index contributed by atoms with van der Waals surface area (Å²) < 4.78 is 90.0. The van der Waals surface area contributed by atoms with Gasteiger partial charge in [0.1, 0.15) is 5.82 Å². The predicted molar refractivity (Wildman–Crippen MR) is 101 cm³/mol. The molecule has 0 atom stereocenters. The summed E-state index contributed by atoms with van der Waals surface area (Å²) in [4.78, 5) is 23.7. The van der Waals surface area contributed by atoms with Crippen molar-refractivity contribution >= 4 is 27.6 Å². The first-order chi connectivity index (χ1) is 15.1. The number of nitrogens with one attached hydrogen (secondary N) is 1. The van der Waals surface area contributed by atoms with Crippen molar-refractivity contribution in [2.75, 3.05) is 38.2 Å². The van der Waals surface area contributed by atoms with Gasteiger partial charge in [0.15, 0.2) is 24.1 Å². The fourth-order valence-electron chi connectivity index (χ4n) is 2.77. The number of carbonyl (C=O) groups excluding carboxylic acids is 2. The Morgan fingerprint density at radius 3 is 2.34 bits per heavy atom. The molecule has 13 heteroatoms. The minimum atomic E-state index is -4.03. The van der Waals surface area contributed by atoms with Crippen LogP contribution in [0.5, 0.6) is 0 Å². The first-order valence-electron chi connectivity index (χ1n) is 9.09. The minimum absolute atomic E-state index is 0.0835. The van der Waals surface area contributed by atoms with Crippen molar-refractivity contribution in [3.63, 3.8) is 0 Å². The maximum atomic E-state index is 14.1. The Morgan fingerprint density at radius 2 is 1.66 bits per heavy atom. The number of hydrogen-bond acceptors (Lipinski definition) is 6. The molecule has 0 unspecified atom stereocenters. The molecule has 0 radical (unpaired) electrons. The standard InChI is InChI=1S/C19H16F4N2O6S/c20-13-2-1-11(32(28,29)25-5-7-30-8-6-25)9-12(13)19(27)31-10-16(26)24-15-4-3-14(21)17(22)18(15)23/h1-4,9H,5-8,10H2,(H,24,26). The first kappa shape index (κ1) is 23.6. The summed E-state index contributed by atoms with van der Waals surface area (Å²) in [6.07, 6.45) is 0. The third-order valence-electron chi connectivity index (χ3n) is 4.41. The quantitative estimate of drug-likeness (QED) is 0.389. The van der Waals surface area contributed by atoms with Gasteiger partial charge >= 0.3 is 5.97 Å². The lowest BCUT2D eigenvalue weighted by Gasteiger charge is -2.26. The summed E-state index contributed by atoms with van der Waals surface area (Å²) in [7, 11) is -4.03. The maximum Gasteiger partial charge on any atom is 0.341 e. The van der Waals surface area contributed by atoms with Crippen LogP contribution in [0.2, 0.25) is 0 Å². The van der Waals surface area contributed by atoms with E-state index in [1.54, 1.807) is 0 Å². The van der Waals surface area contributed by atoms with Crippen LogP contribution in [-0.4, -0.2) is 57.5 Å². The zero-order valence-corrected chi connectivity index (χ0v) is 17.1. The van der Waals surface area contributed by atoms with Gasteiger partial charge in [-0.3, -0.25) is 4.79 Å². The lowest BCUT2D eigenvalue weighted by Crippen LogP contribution is -2.40. The number of benzene rings is 2. The molecule has 8 nitrogen and oxygen atoms in total. The summed E-state index contributed by atoms with van der Waals surface area (Å²) in [6.45, 7) is -0.497. The van der Waals surface area contributed by atoms with Crippen LogP contribution in [-0.2, 0) is 24.3 Å². The van der Waals surface area contributed by atoms with Gasteiger partial charge in [0.2, 0.25) is 10.0 Å². The summed E-state index contributed by atoms with van der Waals surface area (Å²) in [6, 6.07) is 3.86. The van der Waals surface area contributed by atoms with Gasteiger partial charge in [-0.05, 0) is 30.3 Å². The number of rotatable bonds is 6. The second-order valence-corrected chi connectivity index (χ2v) is 8.44. The van der Waals surface area contributed by atoms with Gasteiger partial charge in [0.25, 0.3) is 5.91 Å².